The third-order valence-electron chi connectivity index (χ3n) is 3.95. The molecule has 0 aliphatic heterocycles. The number of nitrogens with zero attached hydrogens (tertiary/aromatic N) is 3. The van der Waals surface area contributed by atoms with Crippen LogP contribution in [0, 0.1) is 13.8 Å². The number of aryl methyl sites for hydroxylation is 2. The Hall–Kier alpha value is -2.87. The van der Waals surface area contributed by atoms with Gasteiger partial charge < -0.3 is 15.4 Å². The smallest absolute Gasteiger partial charge is 0.238 e. The van der Waals surface area contributed by atoms with Crippen molar-refractivity contribution in [3.8, 4) is 5.75 Å². The molecule has 0 atom stereocenters. The van der Waals surface area contributed by atoms with Crippen LogP contribution in [0.2, 0.25) is 0 Å². The SMILES string of the molecule is COc1cccc(NC(=O)CN(C)CC(=O)Nc2c(C)nn(C)c2C)c1. The van der Waals surface area contributed by atoms with E-state index in [4.69, 9.17) is 4.74 Å². The summed E-state index contributed by atoms with van der Waals surface area (Å²) in [6.07, 6.45) is 0. The first kappa shape index (κ1) is 19.5. The molecule has 0 unspecified atom stereocenters. The topological polar surface area (TPSA) is 88.5 Å². The van der Waals surface area contributed by atoms with Gasteiger partial charge in [-0.15, -0.1) is 0 Å². The number of carbonyl (C=O) groups excluding carboxylic acids is 2. The molecule has 0 aliphatic rings. The summed E-state index contributed by atoms with van der Waals surface area (Å²) in [6.45, 7) is 3.92. The Morgan fingerprint density at radius 3 is 2.42 bits per heavy atom. The van der Waals surface area contributed by atoms with E-state index in [9.17, 15) is 9.59 Å². The van der Waals surface area contributed by atoms with Gasteiger partial charge in [0.2, 0.25) is 11.8 Å². The van der Waals surface area contributed by atoms with E-state index in [1.165, 1.54) is 0 Å². The molecule has 1 aromatic carbocycles. The molecule has 26 heavy (non-hydrogen) atoms. The van der Waals surface area contributed by atoms with Gasteiger partial charge >= 0.3 is 0 Å². The highest BCUT2D eigenvalue weighted by molar-refractivity contribution is 5.95. The van der Waals surface area contributed by atoms with Gasteiger partial charge in [-0.05, 0) is 33.0 Å². The lowest BCUT2D eigenvalue weighted by molar-refractivity contribution is -0.119. The van der Waals surface area contributed by atoms with Gasteiger partial charge in [-0.3, -0.25) is 19.2 Å². The quantitative estimate of drug-likeness (QED) is 0.783. The average molecular weight is 359 g/mol. The molecular formula is C18H25N5O3. The van der Waals surface area contributed by atoms with Gasteiger partial charge in [0.05, 0.1) is 37.3 Å². The molecule has 2 N–H and O–H groups in total. The number of aromatic nitrogens is 2. The van der Waals surface area contributed by atoms with Crippen LogP contribution in [-0.2, 0) is 16.6 Å². The molecule has 8 nitrogen and oxygen atoms in total. The molecule has 2 aromatic rings. The Bertz CT molecular complexity index is 800. The Morgan fingerprint density at radius 2 is 1.85 bits per heavy atom. The van der Waals surface area contributed by atoms with Crippen LogP contribution in [0.5, 0.6) is 5.75 Å². The number of likely N-dealkylation sites (N-methyl/N-ethyl adjacent to an activating group) is 1. The van der Waals surface area contributed by atoms with Crippen molar-refractivity contribution < 1.29 is 14.3 Å². The van der Waals surface area contributed by atoms with Crippen molar-refractivity contribution in [1.29, 1.82) is 0 Å². The summed E-state index contributed by atoms with van der Waals surface area (Å²) in [4.78, 5) is 26.0. The fourth-order valence-electron chi connectivity index (χ4n) is 2.58. The summed E-state index contributed by atoms with van der Waals surface area (Å²) in [5.74, 6) is 0.265. The molecule has 1 heterocycles. The third kappa shape index (κ3) is 5.06. The van der Waals surface area contributed by atoms with Crippen LogP contribution in [0.25, 0.3) is 0 Å². The van der Waals surface area contributed by atoms with Crippen molar-refractivity contribution in [2.75, 3.05) is 37.9 Å². The number of nitrogens with one attached hydrogen (secondary N) is 2. The van der Waals surface area contributed by atoms with Gasteiger partial charge in [0, 0.05) is 18.8 Å². The van der Waals surface area contributed by atoms with E-state index < -0.39 is 0 Å². The summed E-state index contributed by atoms with van der Waals surface area (Å²) in [7, 11) is 5.11. The van der Waals surface area contributed by atoms with Gasteiger partial charge in [0.1, 0.15) is 5.75 Å². The number of hydrogen-bond donors (Lipinski definition) is 2. The van der Waals surface area contributed by atoms with E-state index in [0.29, 0.717) is 17.1 Å². The first-order valence-electron chi connectivity index (χ1n) is 8.22. The Labute approximate surface area is 153 Å². The maximum absolute atomic E-state index is 12.2. The lowest BCUT2D eigenvalue weighted by Crippen LogP contribution is -2.36. The van der Waals surface area contributed by atoms with Crippen LogP contribution in [0.1, 0.15) is 11.4 Å². The summed E-state index contributed by atoms with van der Waals surface area (Å²) >= 11 is 0. The van der Waals surface area contributed by atoms with E-state index in [0.717, 1.165) is 11.4 Å². The van der Waals surface area contributed by atoms with E-state index in [1.54, 1.807) is 48.0 Å². The van der Waals surface area contributed by atoms with Crippen molar-refractivity contribution in [1.82, 2.24) is 14.7 Å². The fraction of sp³-hybridized carbons (Fsp3) is 0.389. The molecule has 2 rings (SSSR count). The minimum absolute atomic E-state index is 0.0929. The minimum atomic E-state index is -0.206. The third-order valence-corrected chi connectivity index (χ3v) is 3.95. The predicted octanol–water partition coefficient (Wildman–Crippen LogP) is 1.55. The molecule has 2 amide bonds. The van der Waals surface area contributed by atoms with Crippen LogP contribution in [-0.4, -0.2) is 53.7 Å². The molecular weight excluding hydrogens is 334 g/mol. The highest BCUT2D eigenvalue weighted by atomic mass is 16.5. The summed E-state index contributed by atoms with van der Waals surface area (Å²) in [5, 5.41) is 9.91. The second-order valence-electron chi connectivity index (χ2n) is 6.17. The predicted molar refractivity (Wildman–Crippen MR) is 100 cm³/mol. The molecule has 0 aliphatic carbocycles. The zero-order valence-electron chi connectivity index (χ0n) is 15.8. The number of ether oxygens (including phenoxy) is 1. The Morgan fingerprint density at radius 1 is 1.19 bits per heavy atom. The van der Waals surface area contributed by atoms with Gasteiger partial charge in [-0.2, -0.15) is 5.10 Å². The number of amides is 2. The van der Waals surface area contributed by atoms with E-state index in [-0.39, 0.29) is 24.9 Å². The van der Waals surface area contributed by atoms with E-state index in [1.807, 2.05) is 20.9 Å². The molecule has 1 aromatic heterocycles. The van der Waals surface area contributed by atoms with Crippen molar-refractivity contribution >= 4 is 23.2 Å². The molecule has 0 saturated heterocycles. The molecule has 0 radical (unpaired) electrons. The van der Waals surface area contributed by atoms with E-state index >= 15 is 0 Å². The number of benzene rings is 1. The van der Waals surface area contributed by atoms with Gasteiger partial charge in [0.15, 0.2) is 0 Å². The van der Waals surface area contributed by atoms with Crippen molar-refractivity contribution in [2.24, 2.45) is 7.05 Å². The first-order chi connectivity index (χ1) is 12.3. The molecule has 8 heteroatoms. The van der Waals surface area contributed by atoms with Crippen LogP contribution in [0.4, 0.5) is 11.4 Å². The monoisotopic (exact) mass is 359 g/mol. The van der Waals surface area contributed by atoms with Gasteiger partial charge in [-0.25, -0.2) is 0 Å². The fourth-order valence-corrected chi connectivity index (χ4v) is 2.58. The molecule has 140 valence electrons. The number of carbonyl (C=O) groups is 2. The molecule has 0 bridgehead atoms. The largest absolute Gasteiger partial charge is 0.497 e. The average Bonchev–Trinajstić information content (AvgIpc) is 2.80. The van der Waals surface area contributed by atoms with Crippen LogP contribution < -0.4 is 15.4 Å². The molecule has 0 spiro atoms. The van der Waals surface area contributed by atoms with Crippen LogP contribution >= 0.6 is 0 Å². The Balaban J connectivity index is 1.86. The highest BCUT2D eigenvalue weighted by Gasteiger charge is 2.15. The number of anilines is 2. The molecule has 0 fully saturated rings. The maximum Gasteiger partial charge on any atom is 0.238 e. The van der Waals surface area contributed by atoms with Crippen LogP contribution in [0.15, 0.2) is 24.3 Å². The number of methoxy groups -OCH3 is 1. The first-order valence-corrected chi connectivity index (χ1v) is 8.22. The standard InChI is InChI=1S/C18H25N5O3/c1-12-18(13(2)23(4)21-12)20-17(25)11-22(3)10-16(24)19-14-7-6-8-15(9-14)26-5/h6-9H,10-11H2,1-5H3,(H,19,24)(H,20,25). The summed E-state index contributed by atoms with van der Waals surface area (Å²) in [5.41, 5.74) is 3.01. The summed E-state index contributed by atoms with van der Waals surface area (Å²) < 4.78 is 6.84. The van der Waals surface area contributed by atoms with E-state index in [2.05, 4.69) is 15.7 Å². The van der Waals surface area contributed by atoms with Crippen molar-refractivity contribution in [3.05, 3.63) is 35.7 Å². The van der Waals surface area contributed by atoms with Crippen LogP contribution in [0.3, 0.4) is 0 Å². The highest BCUT2D eigenvalue weighted by Crippen LogP contribution is 2.18. The zero-order chi connectivity index (χ0) is 19.3. The number of hydrogen-bond acceptors (Lipinski definition) is 5. The Kier molecular flexibility index (Phi) is 6.35. The maximum atomic E-state index is 12.2. The normalized spacial score (nSPS) is 10.7. The second-order valence-corrected chi connectivity index (χ2v) is 6.17. The minimum Gasteiger partial charge on any atom is -0.497 e. The number of rotatable bonds is 7. The molecule has 0 saturated carbocycles. The zero-order valence-corrected chi connectivity index (χ0v) is 15.8. The summed E-state index contributed by atoms with van der Waals surface area (Å²) in [6, 6.07) is 7.11. The lowest BCUT2D eigenvalue weighted by atomic mass is 10.3. The lowest BCUT2D eigenvalue weighted by Gasteiger charge is -2.16. The van der Waals surface area contributed by atoms with Crippen molar-refractivity contribution in [3.63, 3.8) is 0 Å². The van der Waals surface area contributed by atoms with Gasteiger partial charge in [0.25, 0.3) is 0 Å². The van der Waals surface area contributed by atoms with Gasteiger partial charge in [-0.1, -0.05) is 6.07 Å². The van der Waals surface area contributed by atoms with Crippen molar-refractivity contribution in [2.45, 2.75) is 13.8 Å². The second kappa shape index (κ2) is 8.48.